The van der Waals surface area contributed by atoms with E-state index in [9.17, 15) is 18.0 Å². The van der Waals surface area contributed by atoms with Crippen LogP contribution in [-0.4, -0.2) is 69.9 Å². The molecule has 2 rings (SSSR count). The normalized spacial score (nSPS) is 10.8. The van der Waals surface area contributed by atoms with Gasteiger partial charge in [-0.25, -0.2) is 9.48 Å². The number of carbonyl (C=O) groups excluding carboxylic acids is 2. The summed E-state index contributed by atoms with van der Waals surface area (Å²) in [6.07, 6.45) is 1.61. The van der Waals surface area contributed by atoms with E-state index < -0.39 is 21.1 Å². The summed E-state index contributed by atoms with van der Waals surface area (Å²) in [7, 11) is -1.19. The number of H-pyrrole nitrogens is 1. The second-order valence-electron chi connectivity index (χ2n) is 6.58. The lowest BCUT2D eigenvalue weighted by Crippen LogP contribution is -2.36. The number of nitrogens with one attached hydrogen (secondary N) is 2. The molecule has 0 aliphatic carbocycles. The van der Waals surface area contributed by atoms with Crippen molar-refractivity contribution in [2.75, 3.05) is 20.1 Å². The van der Waals surface area contributed by atoms with E-state index in [2.05, 4.69) is 20.5 Å². The van der Waals surface area contributed by atoms with Crippen LogP contribution < -0.4 is 5.32 Å². The van der Waals surface area contributed by atoms with Crippen molar-refractivity contribution in [1.82, 2.24) is 34.8 Å². The summed E-state index contributed by atoms with van der Waals surface area (Å²) in [6.45, 7) is 8.37. The molecule has 0 aliphatic heterocycles. The number of amides is 2. The van der Waals surface area contributed by atoms with E-state index in [0.29, 0.717) is 30.0 Å². The Morgan fingerprint density at radius 2 is 1.79 bits per heavy atom. The van der Waals surface area contributed by atoms with Crippen LogP contribution in [0, 0.1) is 18.6 Å². The van der Waals surface area contributed by atoms with Crippen LogP contribution in [-0.2, 0) is 21.5 Å². The zero-order valence-electron chi connectivity index (χ0n) is 17.3. The Hall–Kier alpha value is -2.89. The maximum Gasteiger partial charge on any atom is 0.345 e. The molecule has 0 spiro atoms. The Kier molecular flexibility index (Phi) is 7.37. The Balaban J connectivity index is 2.57. The Bertz CT molecular complexity index is 1060. The summed E-state index contributed by atoms with van der Waals surface area (Å²) in [5.41, 5.74) is 1.95. The lowest BCUT2D eigenvalue weighted by molar-refractivity contribution is -0.119. The molecule has 2 heterocycles. The number of hydrogen-bond donors (Lipinski definition) is 2. The number of likely N-dealkylation sites (N-methyl/N-ethyl adjacent to an activating group) is 1. The average Bonchev–Trinajstić information content (AvgIpc) is 3.24. The highest BCUT2D eigenvalue weighted by molar-refractivity contribution is 7.63. The van der Waals surface area contributed by atoms with E-state index in [-0.39, 0.29) is 18.3 Å². The first kappa shape index (κ1) is 22.4. The molecule has 0 bridgehead atoms. The largest absolute Gasteiger partial charge is 0.359 e. The van der Waals surface area contributed by atoms with Crippen molar-refractivity contribution in [2.24, 2.45) is 0 Å². The van der Waals surface area contributed by atoms with Crippen LogP contribution in [0.1, 0.15) is 43.6 Å². The molecule has 160 valence electrons. The molecule has 0 unspecified atom stereocenters. The molecule has 0 fully saturated rings. The van der Waals surface area contributed by atoms with Crippen LogP contribution >= 0.6 is 0 Å². The molecule has 0 radical (unpaired) electrons. The Morgan fingerprint density at radius 3 is 2.31 bits per heavy atom. The van der Waals surface area contributed by atoms with Crippen LogP contribution in [0.4, 0.5) is 4.79 Å². The highest BCUT2D eigenvalue weighted by Crippen LogP contribution is 2.16. The van der Waals surface area contributed by atoms with Gasteiger partial charge in [-0.15, -0.1) is 0 Å². The highest BCUT2D eigenvalue weighted by Gasteiger charge is 2.22. The van der Waals surface area contributed by atoms with E-state index in [1.807, 2.05) is 13.8 Å². The molecule has 2 amide bonds. The third-order valence-corrected chi connectivity index (χ3v) is 5.03. The van der Waals surface area contributed by atoms with Crippen molar-refractivity contribution in [3.8, 4) is 5.95 Å². The number of aryl methyl sites for hydroxylation is 1. The summed E-state index contributed by atoms with van der Waals surface area (Å²) < 4.78 is 25.3. The summed E-state index contributed by atoms with van der Waals surface area (Å²) in [4.78, 5) is 30.3. The molecular formula is C17H27N7O4S. The van der Waals surface area contributed by atoms with E-state index in [4.69, 9.17) is 0 Å². The van der Waals surface area contributed by atoms with E-state index in [1.54, 1.807) is 25.8 Å². The first-order chi connectivity index (χ1) is 13.7. The van der Waals surface area contributed by atoms with Gasteiger partial charge >= 0.3 is 6.03 Å². The number of aromatic nitrogens is 5. The zero-order chi connectivity index (χ0) is 21.7. The fraction of sp³-hybridized carbons (Fsp3) is 0.588. The first-order valence-corrected chi connectivity index (χ1v) is 10.5. The quantitative estimate of drug-likeness (QED) is 0.630. The molecule has 2 aromatic rings. The predicted molar refractivity (Wildman–Crippen MR) is 106 cm³/mol. The standard InChI is InChI=1S/C17H27N7O4S/c1-6-8-22(9-7-2)17(26)24-16(29(27)28)19-15(21-24)23-12(4)13(11(3)20-23)10-14(25)18-5/h6-10H2,1-5H3,(H,18,25)(H,19,21). The molecule has 0 atom stereocenters. The number of hydrogen-bond acceptors (Lipinski definition) is 6. The summed E-state index contributed by atoms with van der Waals surface area (Å²) in [5, 5.41) is 9.67. The maximum atomic E-state index is 12.9. The van der Waals surface area contributed by atoms with Crippen molar-refractivity contribution >= 4 is 22.2 Å². The minimum absolute atomic E-state index is 0.0780. The van der Waals surface area contributed by atoms with E-state index in [0.717, 1.165) is 17.5 Å². The van der Waals surface area contributed by atoms with E-state index >= 15 is 0 Å². The number of nitrogens with zero attached hydrogens (tertiary/aromatic N) is 5. The monoisotopic (exact) mass is 425 g/mol. The summed E-state index contributed by atoms with van der Waals surface area (Å²) in [6, 6.07) is -0.501. The second-order valence-corrected chi connectivity index (χ2v) is 7.42. The number of aromatic amines is 1. The first-order valence-electron chi connectivity index (χ1n) is 9.41. The van der Waals surface area contributed by atoms with Gasteiger partial charge in [0.1, 0.15) is 0 Å². The lowest BCUT2D eigenvalue weighted by atomic mass is 10.1. The van der Waals surface area contributed by atoms with Crippen LogP contribution in [0.3, 0.4) is 0 Å². The van der Waals surface area contributed by atoms with Crippen LogP contribution in [0.25, 0.3) is 5.95 Å². The van der Waals surface area contributed by atoms with Gasteiger partial charge in [0.2, 0.25) is 11.9 Å². The fourth-order valence-corrected chi connectivity index (χ4v) is 3.45. The van der Waals surface area contributed by atoms with Gasteiger partial charge < -0.3 is 10.2 Å². The van der Waals surface area contributed by atoms with Gasteiger partial charge in [-0.3, -0.25) is 9.89 Å². The third kappa shape index (κ3) is 4.75. The SMILES string of the molecule is CCCN(CCC)C(=O)n1[nH]c(-n2nc(C)c(CC(=O)NC)c2C)nc1=S(=O)=O. The van der Waals surface area contributed by atoms with Crippen molar-refractivity contribution in [3.05, 3.63) is 21.7 Å². The lowest BCUT2D eigenvalue weighted by Gasteiger charge is -2.20. The molecule has 0 aromatic carbocycles. The molecule has 29 heavy (non-hydrogen) atoms. The van der Waals surface area contributed by atoms with Crippen molar-refractivity contribution < 1.29 is 18.0 Å². The van der Waals surface area contributed by atoms with Crippen LogP contribution in [0.2, 0.25) is 0 Å². The Morgan fingerprint density at radius 1 is 1.17 bits per heavy atom. The smallest absolute Gasteiger partial charge is 0.345 e. The van der Waals surface area contributed by atoms with Gasteiger partial charge in [0.15, 0.2) is 0 Å². The molecule has 12 heteroatoms. The van der Waals surface area contributed by atoms with Gasteiger partial charge in [0.05, 0.1) is 12.1 Å². The van der Waals surface area contributed by atoms with Crippen molar-refractivity contribution in [2.45, 2.75) is 47.0 Å². The minimum Gasteiger partial charge on any atom is -0.359 e. The molecule has 0 aliphatic rings. The van der Waals surface area contributed by atoms with Gasteiger partial charge in [-0.05, 0) is 26.7 Å². The number of rotatable bonds is 7. The fourth-order valence-electron chi connectivity index (χ4n) is 3.02. The molecule has 2 N–H and O–H groups in total. The highest BCUT2D eigenvalue weighted by atomic mass is 32.2. The molecular weight excluding hydrogens is 398 g/mol. The Labute approximate surface area is 170 Å². The molecule has 0 saturated carbocycles. The minimum atomic E-state index is -2.74. The molecule has 2 aromatic heterocycles. The third-order valence-electron chi connectivity index (χ3n) is 4.46. The topological polar surface area (TPSA) is 135 Å². The summed E-state index contributed by atoms with van der Waals surface area (Å²) >= 11 is 0. The van der Waals surface area contributed by atoms with Crippen LogP contribution in [0.5, 0.6) is 0 Å². The van der Waals surface area contributed by atoms with Gasteiger partial charge in [0, 0.05) is 31.4 Å². The van der Waals surface area contributed by atoms with E-state index in [1.165, 1.54) is 4.68 Å². The zero-order valence-corrected chi connectivity index (χ0v) is 18.1. The summed E-state index contributed by atoms with van der Waals surface area (Å²) in [5.74, 6) is -0.0918. The molecule has 0 saturated heterocycles. The number of carbonyl (C=O) groups is 2. The van der Waals surface area contributed by atoms with Crippen molar-refractivity contribution in [1.29, 1.82) is 0 Å². The van der Waals surface area contributed by atoms with Gasteiger partial charge in [-0.1, -0.05) is 13.8 Å². The van der Waals surface area contributed by atoms with Gasteiger partial charge in [0.25, 0.3) is 15.1 Å². The predicted octanol–water partition coefficient (Wildman–Crippen LogP) is 0.803. The maximum absolute atomic E-state index is 12.9. The second kappa shape index (κ2) is 9.54. The van der Waals surface area contributed by atoms with Crippen molar-refractivity contribution in [3.63, 3.8) is 0 Å². The average molecular weight is 426 g/mol. The van der Waals surface area contributed by atoms with Crippen LogP contribution in [0.15, 0.2) is 0 Å². The van der Waals surface area contributed by atoms with Gasteiger partial charge in [-0.2, -0.15) is 23.2 Å². The molecule has 11 nitrogen and oxygen atoms in total.